The summed E-state index contributed by atoms with van der Waals surface area (Å²) in [5.74, 6) is -0.184. The summed E-state index contributed by atoms with van der Waals surface area (Å²) in [5, 5.41) is 0. The molecule has 3 amide bonds. The highest BCUT2D eigenvalue weighted by atomic mass is 35.5. The lowest BCUT2D eigenvalue weighted by molar-refractivity contribution is -0.149. The summed E-state index contributed by atoms with van der Waals surface area (Å²) < 4.78 is 10.8. The molecule has 0 bridgehead atoms. The van der Waals surface area contributed by atoms with Gasteiger partial charge in [-0.1, -0.05) is 72.8 Å². The number of rotatable bonds is 11. The molecular weight excluding hydrogens is 580 g/mol. The molecule has 2 fully saturated rings. The van der Waals surface area contributed by atoms with Crippen LogP contribution in [-0.2, 0) is 19.9 Å². The van der Waals surface area contributed by atoms with Gasteiger partial charge in [-0.2, -0.15) is 0 Å². The Labute approximate surface area is 265 Å². The Morgan fingerprint density at radius 1 is 0.841 bits per heavy atom. The van der Waals surface area contributed by atoms with Crippen molar-refractivity contribution >= 4 is 36.0 Å². The average Bonchev–Trinajstić information content (AvgIpc) is 3.27. The van der Waals surface area contributed by atoms with Gasteiger partial charge in [0.25, 0.3) is 5.91 Å². The van der Waals surface area contributed by atoms with Crippen molar-refractivity contribution in [3.8, 4) is 5.75 Å². The summed E-state index contributed by atoms with van der Waals surface area (Å²) in [7, 11) is 1.26. The van der Waals surface area contributed by atoms with Gasteiger partial charge in [0.2, 0.25) is 0 Å². The van der Waals surface area contributed by atoms with Crippen LogP contribution in [0.3, 0.4) is 0 Å². The number of benzene rings is 3. The molecule has 2 heterocycles. The SMILES string of the molecule is CCOc1ccccc1N1CCN(CCCN2C(=O)N(C(C)C(=O)OC)C(=O)C2(c2ccccc2)c2ccccc2)CC1.Cl. The maximum absolute atomic E-state index is 14.5. The fourth-order valence-electron chi connectivity index (χ4n) is 6.28. The molecule has 3 aromatic carbocycles. The molecule has 0 radical (unpaired) electrons. The Balaban J connectivity index is 0.00000442. The standard InChI is InChI=1S/C34H40N4O5.ClH/c1-4-43-30-19-12-11-18-29(30)36-24-22-35(23-25-36)20-13-21-37-33(41)38(26(2)31(39)42-3)32(40)34(37,27-14-7-5-8-15-27)28-16-9-6-10-17-28;/h5-12,14-19,26H,4,13,20-25H2,1-3H3;1H. The predicted molar refractivity (Wildman–Crippen MR) is 172 cm³/mol. The summed E-state index contributed by atoms with van der Waals surface area (Å²) in [6.07, 6.45) is 0.663. The summed E-state index contributed by atoms with van der Waals surface area (Å²) in [6.45, 7) is 8.75. The number of para-hydroxylation sites is 2. The number of ether oxygens (including phenoxy) is 2. The first-order valence-electron chi connectivity index (χ1n) is 15.0. The van der Waals surface area contributed by atoms with Gasteiger partial charge >= 0.3 is 12.0 Å². The number of nitrogens with zero attached hydrogens (tertiary/aromatic N) is 4. The second-order valence-electron chi connectivity index (χ2n) is 10.8. The van der Waals surface area contributed by atoms with Gasteiger partial charge in [0.15, 0.2) is 5.54 Å². The van der Waals surface area contributed by atoms with Gasteiger partial charge in [0.1, 0.15) is 11.8 Å². The Morgan fingerprint density at radius 2 is 1.41 bits per heavy atom. The second kappa shape index (κ2) is 14.6. The molecule has 0 aliphatic carbocycles. The van der Waals surface area contributed by atoms with E-state index in [4.69, 9.17) is 9.47 Å². The molecule has 3 aromatic rings. The minimum absolute atomic E-state index is 0. The molecular formula is C34H41ClN4O5. The highest BCUT2D eigenvalue weighted by Crippen LogP contribution is 2.44. The van der Waals surface area contributed by atoms with Crippen LogP contribution in [0.2, 0.25) is 0 Å². The highest BCUT2D eigenvalue weighted by Gasteiger charge is 2.61. The molecule has 1 atom stereocenters. The van der Waals surface area contributed by atoms with Crippen LogP contribution in [0.4, 0.5) is 10.5 Å². The van der Waals surface area contributed by atoms with Gasteiger partial charge in [-0.15, -0.1) is 12.4 Å². The molecule has 2 aliphatic heterocycles. The number of urea groups is 1. The molecule has 9 nitrogen and oxygen atoms in total. The van der Waals surface area contributed by atoms with Crippen molar-refractivity contribution in [3.05, 3.63) is 96.1 Å². The van der Waals surface area contributed by atoms with E-state index in [0.717, 1.165) is 49.1 Å². The van der Waals surface area contributed by atoms with E-state index in [1.54, 1.807) is 4.90 Å². The first-order valence-corrected chi connectivity index (χ1v) is 15.0. The number of piperazine rings is 1. The van der Waals surface area contributed by atoms with E-state index in [9.17, 15) is 14.4 Å². The van der Waals surface area contributed by atoms with E-state index in [1.807, 2.05) is 85.8 Å². The van der Waals surface area contributed by atoms with E-state index in [-0.39, 0.29) is 12.4 Å². The van der Waals surface area contributed by atoms with E-state index in [1.165, 1.54) is 14.0 Å². The van der Waals surface area contributed by atoms with Gasteiger partial charge in [-0.05, 0) is 50.1 Å². The zero-order valence-corrected chi connectivity index (χ0v) is 26.4. The lowest BCUT2D eigenvalue weighted by Crippen LogP contribution is -2.50. The lowest BCUT2D eigenvalue weighted by atomic mass is 9.81. The monoisotopic (exact) mass is 620 g/mol. The molecule has 2 saturated heterocycles. The third-order valence-corrected chi connectivity index (χ3v) is 8.42. The fraction of sp³-hybridized carbons (Fsp3) is 0.382. The Morgan fingerprint density at radius 3 is 1.98 bits per heavy atom. The largest absolute Gasteiger partial charge is 0.492 e. The molecule has 5 rings (SSSR count). The van der Waals surface area contributed by atoms with Crippen molar-refractivity contribution in [2.75, 3.05) is 57.9 Å². The van der Waals surface area contributed by atoms with Crippen LogP contribution in [0.15, 0.2) is 84.9 Å². The van der Waals surface area contributed by atoms with E-state index < -0.39 is 29.5 Å². The van der Waals surface area contributed by atoms with Crippen LogP contribution < -0.4 is 9.64 Å². The number of imide groups is 1. The molecule has 0 N–H and O–H groups in total. The normalized spacial score (nSPS) is 17.3. The smallest absolute Gasteiger partial charge is 0.329 e. The number of hydrogen-bond donors (Lipinski definition) is 0. The number of esters is 1. The quantitative estimate of drug-likeness (QED) is 0.225. The topological polar surface area (TPSA) is 82.6 Å². The zero-order valence-electron chi connectivity index (χ0n) is 25.6. The minimum Gasteiger partial charge on any atom is -0.492 e. The maximum Gasteiger partial charge on any atom is 0.329 e. The molecule has 0 saturated carbocycles. The molecule has 0 aromatic heterocycles. The van der Waals surface area contributed by atoms with Crippen molar-refractivity contribution in [2.24, 2.45) is 0 Å². The number of carbonyl (C=O) groups is 3. The first-order chi connectivity index (χ1) is 20.9. The third kappa shape index (κ3) is 6.12. The molecule has 234 valence electrons. The van der Waals surface area contributed by atoms with Crippen molar-refractivity contribution < 1.29 is 23.9 Å². The van der Waals surface area contributed by atoms with Gasteiger partial charge in [0.05, 0.1) is 19.4 Å². The fourth-order valence-corrected chi connectivity index (χ4v) is 6.28. The van der Waals surface area contributed by atoms with E-state index >= 15 is 0 Å². The number of amides is 3. The Kier molecular flexibility index (Phi) is 10.9. The Hall–Kier alpha value is -4.08. The lowest BCUT2D eigenvalue weighted by Gasteiger charge is -2.38. The van der Waals surface area contributed by atoms with E-state index in [0.29, 0.717) is 30.7 Å². The summed E-state index contributed by atoms with van der Waals surface area (Å²) in [6, 6.07) is 25.3. The number of anilines is 1. The zero-order chi connectivity index (χ0) is 30.4. The van der Waals surface area contributed by atoms with Gasteiger partial charge in [0, 0.05) is 32.7 Å². The summed E-state index contributed by atoms with van der Waals surface area (Å²) >= 11 is 0. The van der Waals surface area contributed by atoms with Crippen LogP contribution in [-0.4, -0.2) is 91.6 Å². The highest BCUT2D eigenvalue weighted by molar-refractivity contribution is 6.11. The summed E-state index contributed by atoms with van der Waals surface area (Å²) in [4.78, 5) is 48.6. The van der Waals surface area contributed by atoms with Gasteiger partial charge < -0.3 is 19.3 Å². The second-order valence-corrected chi connectivity index (χ2v) is 10.8. The molecule has 1 unspecified atom stereocenters. The number of methoxy groups -OCH3 is 1. The van der Waals surface area contributed by atoms with Gasteiger partial charge in [-0.3, -0.25) is 9.69 Å². The average molecular weight is 621 g/mol. The van der Waals surface area contributed by atoms with Crippen molar-refractivity contribution in [1.29, 1.82) is 0 Å². The first kappa shape index (κ1) is 32.8. The van der Waals surface area contributed by atoms with Crippen molar-refractivity contribution in [3.63, 3.8) is 0 Å². The number of carbonyl (C=O) groups excluding carboxylic acids is 3. The molecule has 2 aliphatic rings. The maximum atomic E-state index is 14.5. The Bertz CT molecular complexity index is 1380. The van der Waals surface area contributed by atoms with Crippen LogP contribution in [0.25, 0.3) is 0 Å². The third-order valence-electron chi connectivity index (χ3n) is 8.42. The van der Waals surface area contributed by atoms with Crippen molar-refractivity contribution in [1.82, 2.24) is 14.7 Å². The van der Waals surface area contributed by atoms with Crippen LogP contribution in [0.5, 0.6) is 5.75 Å². The minimum atomic E-state index is -1.40. The van der Waals surface area contributed by atoms with Crippen LogP contribution in [0.1, 0.15) is 31.4 Å². The molecule has 0 spiro atoms. The van der Waals surface area contributed by atoms with Crippen LogP contribution >= 0.6 is 12.4 Å². The van der Waals surface area contributed by atoms with E-state index in [2.05, 4.69) is 15.9 Å². The van der Waals surface area contributed by atoms with Crippen molar-refractivity contribution in [2.45, 2.75) is 31.8 Å². The molecule has 44 heavy (non-hydrogen) atoms. The van der Waals surface area contributed by atoms with Crippen LogP contribution in [0, 0.1) is 0 Å². The molecule has 10 heteroatoms. The predicted octanol–water partition coefficient (Wildman–Crippen LogP) is 4.79. The van der Waals surface area contributed by atoms with Gasteiger partial charge in [-0.25, -0.2) is 14.5 Å². The number of hydrogen-bond acceptors (Lipinski definition) is 7. The number of halogens is 1. The summed E-state index contributed by atoms with van der Waals surface area (Å²) in [5.41, 5.74) is 1.07.